The molecule has 414 valence electrons. The maximum atomic E-state index is 11.3. The van der Waals surface area contributed by atoms with Crippen LogP contribution < -0.4 is 10.2 Å². The number of nitrogens with zero attached hydrogens (tertiary/aromatic N) is 4. The van der Waals surface area contributed by atoms with Crippen molar-refractivity contribution in [3.05, 3.63) is 65.2 Å². The second-order valence-electron chi connectivity index (χ2n) is 23.6. The Morgan fingerprint density at radius 3 is 1.41 bits per heavy atom. The van der Waals surface area contributed by atoms with Gasteiger partial charge in [0.1, 0.15) is 5.78 Å². The number of hydrogen-bond donors (Lipinski definition) is 1. The number of anilines is 1. The minimum atomic E-state index is 0.115. The van der Waals surface area contributed by atoms with Crippen LogP contribution >= 0.6 is 0 Å². The monoisotopic (exact) mass is 994 g/mol. The fourth-order valence-electron chi connectivity index (χ4n) is 8.75. The maximum absolute atomic E-state index is 11.3. The van der Waals surface area contributed by atoms with E-state index in [0.717, 1.165) is 63.0 Å². The van der Waals surface area contributed by atoms with E-state index in [1.807, 2.05) is 60.3 Å². The lowest BCUT2D eigenvalue weighted by atomic mass is 9.71. The summed E-state index contributed by atoms with van der Waals surface area (Å²) in [6, 6.07) is 18.4. The number of carbonyl (C=O) groups is 3. The molecule has 3 aliphatic rings. The maximum Gasteiger partial charge on any atom is 0.219 e. The molecule has 2 heterocycles. The van der Waals surface area contributed by atoms with Gasteiger partial charge in [-0.25, -0.2) is 0 Å². The summed E-state index contributed by atoms with van der Waals surface area (Å²) < 4.78 is 0. The van der Waals surface area contributed by atoms with E-state index in [1.54, 1.807) is 20.8 Å². The molecule has 0 unspecified atom stereocenters. The predicted molar refractivity (Wildman–Crippen MR) is 315 cm³/mol. The zero-order chi connectivity index (χ0) is 55.8. The van der Waals surface area contributed by atoms with Gasteiger partial charge in [-0.3, -0.25) is 19.3 Å². The summed E-state index contributed by atoms with van der Waals surface area (Å²) in [5.74, 6) is 1.35. The third-order valence-electron chi connectivity index (χ3n) is 12.9. The van der Waals surface area contributed by atoms with E-state index < -0.39 is 0 Å². The van der Waals surface area contributed by atoms with Gasteiger partial charge in [0, 0.05) is 90.4 Å². The first-order chi connectivity index (χ1) is 33.0. The first-order valence-corrected chi connectivity index (χ1v) is 28.4. The van der Waals surface area contributed by atoms with Crippen LogP contribution in [0, 0.1) is 22.2 Å². The van der Waals surface area contributed by atoms with Crippen molar-refractivity contribution in [3.8, 4) is 0 Å². The second-order valence-corrected chi connectivity index (χ2v) is 23.6. The minimum Gasteiger partial charge on any atom is -0.368 e. The van der Waals surface area contributed by atoms with Crippen molar-refractivity contribution in [3.63, 3.8) is 0 Å². The van der Waals surface area contributed by atoms with Crippen LogP contribution in [0.15, 0.2) is 48.5 Å². The molecule has 2 aliphatic heterocycles. The molecule has 1 atom stereocenters. The number of rotatable bonds is 8. The first kappa shape index (κ1) is 72.0. The van der Waals surface area contributed by atoms with Crippen LogP contribution in [0.25, 0.3) is 0 Å². The Labute approximate surface area is 442 Å². The van der Waals surface area contributed by atoms with Crippen molar-refractivity contribution in [2.45, 2.75) is 235 Å². The number of Topliss-reactive ketones (excluding diaryl/α,β-unsaturated/α-hetero) is 1. The Bertz CT molecular complexity index is 1620. The van der Waals surface area contributed by atoms with E-state index in [4.69, 9.17) is 0 Å². The molecule has 1 saturated carbocycles. The number of amides is 2. The van der Waals surface area contributed by atoms with Gasteiger partial charge in [0.2, 0.25) is 11.8 Å². The van der Waals surface area contributed by atoms with Gasteiger partial charge in [-0.1, -0.05) is 175 Å². The number of piperazine rings is 2. The van der Waals surface area contributed by atoms with E-state index in [1.165, 1.54) is 68.7 Å². The summed E-state index contributed by atoms with van der Waals surface area (Å²) in [5, 5.41) is 3.01. The zero-order valence-corrected chi connectivity index (χ0v) is 51.7. The third kappa shape index (κ3) is 34.8. The summed E-state index contributed by atoms with van der Waals surface area (Å²) in [5.41, 5.74) is 6.58. The number of nitrogens with one attached hydrogen (secondary N) is 1. The van der Waals surface area contributed by atoms with E-state index in [9.17, 15) is 14.4 Å². The highest BCUT2D eigenvalue weighted by molar-refractivity contribution is 5.78. The average molecular weight is 995 g/mol. The number of aryl methyl sites for hydroxylation is 1. The topological polar surface area (TPSA) is 76.2 Å². The van der Waals surface area contributed by atoms with Crippen molar-refractivity contribution in [1.82, 2.24) is 20.0 Å². The molecule has 3 fully saturated rings. The molecule has 1 N–H and O–H groups in total. The summed E-state index contributed by atoms with van der Waals surface area (Å²) in [7, 11) is 2.21. The molecule has 2 amide bonds. The molecule has 1 aliphatic carbocycles. The lowest BCUT2D eigenvalue weighted by molar-refractivity contribution is -0.129. The molecular formula is C63H119N5O3. The lowest BCUT2D eigenvalue weighted by Gasteiger charge is -2.38. The smallest absolute Gasteiger partial charge is 0.219 e. The molecule has 0 radical (unpaired) electrons. The summed E-state index contributed by atoms with van der Waals surface area (Å²) in [6.45, 7) is 59.1. The van der Waals surface area contributed by atoms with Gasteiger partial charge in [0.15, 0.2) is 0 Å². The number of likely N-dealkylation sites (N-methyl/N-ethyl adjacent to an activating group) is 1. The van der Waals surface area contributed by atoms with Gasteiger partial charge >= 0.3 is 0 Å². The SMILES string of the molecule is CC.CC.CC.CC.CC(=O)Cc1ccc(CCC(C)(C)C)cc1.CC(=O)N1CCN(c2ccc(C(C)(C)C)cc2)CC1.CC(=O)NC1CCC(C(C)(C)C)CC1.C[C@@H](CC(C)(C)C)N1CCN(C)CC1. The highest BCUT2D eigenvalue weighted by atomic mass is 16.2. The minimum absolute atomic E-state index is 0.115. The first-order valence-electron chi connectivity index (χ1n) is 28.4. The Hall–Kier alpha value is -3.23. The summed E-state index contributed by atoms with van der Waals surface area (Å²) in [4.78, 5) is 42.5. The number of carbonyl (C=O) groups excluding carboxylic acids is 3. The fraction of sp³-hybridized carbons (Fsp3) is 0.762. The van der Waals surface area contributed by atoms with Gasteiger partial charge in [-0.15, -0.1) is 0 Å². The number of hydrogen-bond acceptors (Lipinski definition) is 6. The van der Waals surface area contributed by atoms with Gasteiger partial charge < -0.3 is 20.0 Å². The summed E-state index contributed by atoms with van der Waals surface area (Å²) in [6.07, 6.45) is 8.99. The van der Waals surface area contributed by atoms with Crippen molar-refractivity contribution in [1.29, 1.82) is 0 Å². The molecule has 0 bridgehead atoms. The van der Waals surface area contributed by atoms with Crippen molar-refractivity contribution in [2.75, 3.05) is 64.3 Å². The molecule has 2 aromatic rings. The Morgan fingerprint density at radius 1 is 0.592 bits per heavy atom. The van der Waals surface area contributed by atoms with Gasteiger partial charge in [0.25, 0.3) is 0 Å². The Balaban J connectivity index is -0.000000833. The Kier molecular flexibility index (Phi) is 38.0. The van der Waals surface area contributed by atoms with Crippen LogP contribution in [0.3, 0.4) is 0 Å². The van der Waals surface area contributed by atoms with Crippen LogP contribution in [0.2, 0.25) is 0 Å². The van der Waals surface area contributed by atoms with Crippen molar-refractivity contribution >= 4 is 23.3 Å². The second kappa shape index (κ2) is 37.5. The predicted octanol–water partition coefficient (Wildman–Crippen LogP) is 15.3. The standard InChI is InChI=1S/C16H24N2O.C15H22O.C12H26N2.C12H23NO.4C2H6/c1-13(19)17-9-11-18(12-10-17)15-7-5-14(6-8-15)16(2,3)4;1-12(16)11-14-7-5-13(6-8-14)9-10-15(2,3)4;1-11(10-12(2,3)4)14-8-6-13(5)7-9-14;1-9(14)13-11-7-5-10(6-8-11)12(2,3)4;4*1-2/h5-8H,9-12H2,1-4H3;5-8H,9-11H2,1-4H3;11H,6-10H2,1-5H3;10-11H,5-8H2,1-4H3,(H,13,14);4*1-2H3/t;;11-;;;;;/m..0...../s1. The molecule has 71 heavy (non-hydrogen) atoms. The number of benzene rings is 2. The fourth-order valence-corrected chi connectivity index (χ4v) is 8.75. The normalized spacial score (nSPS) is 17.7. The van der Waals surface area contributed by atoms with E-state index in [-0.39, 0.29) is 23.0 Å². The summed E-state index contributed by atoms with van der Waals surface area (Å²) >= 11 is 0. The van der Waals surface area contributed by atoms with Crippen molar-refractivity contribution < 1.29 is 14.4 Å². The molecule has 8 nitrogen and oxygen atoms in total. The van der Waals surface area contributed by atoms with Crippen LogP contribution in [-0.2, 0) is 32.6 Å². The van der Waals surface area contributed by atoms with Crippen LogP contribution in [0.1, 0.15) is 221 Å². The van der Waals surface area contributed by atoms with Gasteiger partial charge in [0.05, 0.1) is 0 Å². The molecule has 0 spiro atoms. The largest absolute Gasteiger partial charge is 0.368 e. The number of ketones is 1. The molecule has 2 aromatic carbocycles. The van der Waals surface area contributed by atoms with E-state index in [0.29, 0.717) is 28.7 Å². The van der Waals surface area contributed by atoms with Gasteiger partial charge in [-0.05, 0) is 122 Å². The van der Waals surface area contributed by atoms with Gasteiger partial charge in [-0.2, -0.15) is 0 Å². The zero-order valence-electron chi connectivity index (χ0n) is 51.7. The molecule has 0 aromatic heterocycles. The lowest BCUT2D eigenvalue weighted by Crippen LogP contribution is -2.48. The van der Waals surface area contributed by atoms with Crippen LogP contribution in [-0.4, -0.2) is 104 Å². The average Bonchev–Trinajstić information content (AvgIpc) is 3.31. The van der Waals surface area contributed by atoms with Crippen LogP contribution in [0.4, 0.5) is 5.69 Å². The molecule has 2 saturated heterocycles. The third-order valence-corrected chi connectivity index (χ3v) is 12.9. The highest BCUT2D eigenvalue weighted by Crippen LogP contribution is 2.37. The molecule has 5 rings (SSSR count). The molecular weight excluding hydrogens is 875 g/mol. The quantitative estimate of drug-likeness (QED) is 0.284. The van der Waals surface area contributed by atoms with Crippen molar-refractivity contribution in [2.24, 2.45) is 22.2 Å². The molecule has 8 heteroatoms. The van der Waals surface area contributed by atoms with E-state index >= 15 is 0 Å². The van der Waals surface area contributed by atoms with E-state index in [2.05, 4.69) is 166 Å². The Morgan fingerprint density at radius 2 is 1.04 bits per heavy atom. The highest BCUT2D eigenvalue weighted by Gasteiger charge is 2.30. The van der Waals surface area contributed by atoms with Crippen LogP contribution in [0.5, 0.6) is 0 Å².